The summed E-state index contributed by atoms with van der Waals surface area (Å²) in [6.45, 7) is 2.08. The minimum atomic E-state index is -1.45. The summed E-state index contributed by atoms with van der Waals surface area (Å²) < 4.78 is 24.8. The highest BCUT2D eigenvalue weighted by molar-refractivity contribution is 5.89. The highest BCUT2D eigenvalue weighted by Crippen LogP contribution is 2.35. The minimum absolute atomic E-state index is 0.0291. The largest absolute Gasteiger partial charge is 0.447 e. The molecule has 24 heavy (non-hydrogen) atoms. The zero-order chi connectivity index (χ0) is 17.3. The molecule has 1 aromatic carbocycles. The summed E-state index contributed by atoms with van der Waals surface area (Å²) in [6, 6.07) is 4.19. The number of carbonyl (C=O) groups excluding carboxylic acids is 2. The molecular formula is C14H14FN5O4. The lowest BCUT2D eigenvalue weighted by atomic mass is 10.2. The summed E-state index contributed by atoms with van der Waals surface area (Å²) in [5, 5.41) is 3.43. The molecule has 0 saturated carbocycles. The van der Waals surface area contributed by atoms with Crippen LogP contribution in [0.1, 0.15) is 6.92 Å². The van der Waals surface area contributed by atoms with Gasteiger partial charge in [-0.3, -0.25) is 9.69 Å². The average Bonchev–Trinajstić information content (AvgIpc) is 3.12. The maximum atomic E-state index is 14.6. The van der Waals surface area contributed by atoms with Gasteiger partial charge in [0.25, 0.3) is 0 Å². The SMILES string of the molecule is CC1(C=O)OC(N=[N+]=[N-])CN1c1ccc(N2CCOC2=O)cc1F. The monoisotopic (exact) mass is 335 g/mol. The number of rotatable bonds is 4. The smallest absolute Gasteiger partial charge is 0.414 e. The van der Waals surface area contributed by atoms with Crippen LogP contribution in [0.2, 0.25) is 0 Å². The summed E-state index contributed by atoms with van der Waals surface area (Å²) in [6.07, 6.45) is -0.920. The first-order valence-electron chi connectivity index (χ1n) is 7.18. The van der Waals surface area contributed by atoms with Crippen LogP contribution in [0, 0.1) is 5.82 Å². The molecule has 2 atom stereocenters. The first-order chi connectivity index (χ1) is 11.5. The molecule has 0 bridgehead atoms. The van der Waals surface area contributed by atoms with Crippen molar-refractivity contribution in [2.45, 2.75) is 18.9 Å². The molecule has 1 aromatic rings. The van der Waals surface area contributed by atoms with E-state index in [-0.39, 0.29) is 18.8 Å². The van der Waals surface area contributed by atoms with Crippen molar-refractivity contribution in [1.29, 1.82) is 0 Å². The number of aldehydes is 1. The highest BCUT2D eigenvalue weighted by Gasteiger charge is 2.44. The third kappa shape index (κ3) is 2.61. The lowest BCUT2D eigenvalue weighted by Crippen LogP contribution is -2.44. The van der Waals surface area contributed by atoms with E-state index in [4.69, 9.17) is 15.0 Å². The third-order valence-corrected chi connectivity index (χ3v) is 3.94. The number of hydrogen-bond donors (Lipinski definition) is 0. The predicted molar refractivity (Wildman–Crippen MR) is 80.9 cm³/mol. The van der Waals surface area contributed by atoms with Crippen LogP contribution in [0.4, 0.5) is 20.6 Å². The lowest BCUT2D eigenvalue weighted by Gasteiger charge is -2.30. The number of halogens is 1. The number of carbonyl (C=O) groups is 2. The van der Waals surface area contributed by atoms with Gasteiger partial charge in [-0.2, -0.15) is 0 Å². The van der Waals surface area contributed by atoms with Crippen molar-refractivity contribution in [2.24, 2.45) is 5.11 Å². The van der Waals surface area contributed by atoms with Crippen LogP contribution < -0.4 is 9.80 Å². The second-order valence-electron chi connectivity index (χ2n) is 5.46. The van der Waals surface area contributed by atoms with E-state index in [0.717, 1.165) is 0 Å². The first kappa shape index (κ1) is 16.0. The Morgan fingerprint density at radius 1 is 1.54 bits per heavy atom. The predicted octanol–water partition coefficient (Wildman–Crippen LogP) is 2.17. The molecule has 2 heterocycles. The summed E-state index contributed by atoms with van der Waals surface area (Å²) >= 11 is 0. The molecule has 0 spiro atoms. The van der Waals surface area contributed by atoms with Crippen molar-refractivity contribution >= 4 is 23.8 Å². The molecule has 0 N–H and O–H groups in total. The fourth-order valence-electron chi connectivity index (χ4n) is 2.77. The van der Waals surface area contributed by atoms with E-state index in [9.17, 15) is 14.0 Å². The highest BCUT2D eigenvalue weighted by atomic mass is 19.1. The number of azide groups is 1. The number of anilines is 2. The van der Waals surface area contributed by atoms with Crippen molar-refractivity contribution in [1.82, 2.24) is 0 Å². The standard InChI is InChI=1S/C14H14FN5O4/c1-14(8-21)20(7-12(24-14)17-18-16)11-3-2-9(6-10(11)15)19-4-5-23-13(19)22/h2-3,6,8,12H,4-5,7H2,1H3. The molecule has 2 fully saturated rings. The van der Waals surface area contributed by atoms with Gasteiger partial charge < -0.3 is 14.4 Å². The van der Waals surface area contributed by atoms with Gasteiger partial charge in [-0.25, -0.2) is 9.18 Å². The normalized spacial score (nSPS) is 26.2. The Hall–Kier alpha value is -2.84. The van der Waals surface area contributed by atoms with Gasteiger partial charge in [0.05, 0.1) is 24.5 Å². The molecule has 2 aliphatic heterocycles. The summed E-state index contributed by atoms with van der Waals surface area (Å²) in [7, 11) is 0. The number of hydrogen-bond acceptors (Lipinski definition) is 6. The molecule has 0 radical (unpaired) electrons. The Morgan fingerprint density at radius 2 is 2.33 bits per heavy atom. The topological polar surface area (TPSA) is 108 Å². The molecule has 10 heteroatoms. The summed E-state index contributed by atoms with van der Waals surface area (Å²) in [4.78, 5) is 28.3. The van der Waals surface area contributed by atoms with Crippen LogP contribution in [0.5, 0.6) is 0 Å². The van der Waals surface area contributed by atoms with Gasteiger partial charge in [-0.05, 0) is 30.7 Å². The Kier molecular flexibility index (Phi) is 4.00. The van der Waals surface area contributed by atoms with Crippen LogP contribution >= 0.6 is 0 Å². The van der Waals surface area contributed by atoms with Crippen LogP contribution in [-0.4, -0.2) is 44.0 Å². The molecule has 126 valence electrons. The van der Waals surface area contributed by atoms with E-state index in [1.54, 1.807) is 6.07 Å². The lowest BCUT2D eigenvalue weighted by molar-refractivity contribution is -0.127. The molecule has 2 aliphatic rings. The maximum absolute atomic E-state index is 14.6. The van der Waals surface area contributed by atoms with Crippen molar-refractivity contribution in [3.63, 3.8) is 0 Å². The molecule has 9 nitrogen and oxygen atoms in total. The molecular weight excluding hydrogens is 321 g/mol. The Morgan fingerprint density at radius 3 is 2.92 bits per heavy atom. The molecule has 0 aromatic heterocycles. The van der Waals surface area contributed by atoms with Gasteiger partial charge in [-0.15, -0.1) is 0 Å². The van der Waals surface area contributed by atoms with Crippen molar-refractivity contribution < 1.29 is 23.5 Å². The number of benzene rings is 1. The van der Waals surface area contributed by atoms with E-state index < -0.39 is 23.9 Å². The van der Waals surface area contributed by atoms with Gasteiger partial charge in [0, 0.05) is 4.91 Å². The van der Waals surface area contributed by atoms with Gasteiger partial charge in [0.2, 0.25) is 0 Å². The van der Waals surface area contributed by atoms with E-state index in [1.165, 1.54) is 28.9 Å². The second kappa shape index (κ2) is 5.99. The van der Waals surface area contributed by atoms with Crippen LogP contribution in [0.3, 0.4) is 0 Å². The van der Waals surface area contributed by atoms with Crippen LogP contribution in [-0.2, 0) is 14.3 Å². The molecule has 3 rings (SSSR count). The third-order valence-electron chi connectivity index (χ3n) is 3.94. The molecule has 1 amide bonds. The van der Waals surface area contributed by atoms with Crippen LogP contribution in [0.15, 0.2) is 23.3 Å². The Balaban J connectivity index is 1.92. The zero-order valence-corrected chi connectivity index (χ0v) is 12.8. The minimum Gasteiger partial charge on any atom is -0.447 e. The second-order valence-corrected chi connectivity index (χ2v) is 5.46. The van der Waals surface area contributed by atoms with Crippen LogP contribution in [0.25, 0.3) is 10.4 Å². The first-order valence-corrected chi connectivity index (χ1v) is 7.18. The van der Waals surface area contributed by atoms with Crippen molar-refractivity contribution in [3.8, 4) is 0 Å². The molecule has 0 aliphatic carbocycles. The van der Waals surface area contributed by atoms with E-state index >= 15 is 0 Å². The van der Waals surface area contributed by atoms with Crippen molar-refractivity contribution in [2.75, 3.05) is 29.5 Å². The maximum Gasteiger partial charge on any atom is 0.414 e. The number of ether oxygens (including phenoxy) is 2. The number of nitrogens with zero attached hydrogens (tertiary/aromatic N) is 5. The molecule has 2 saturated heterocycles. The summed E-state index contributed by atoms with van der Waals surface area (Å²) in [5.41, 5.74) is 7.53. The fraction of sp³-hybridized carbons (Fsp3) is 0.429. The van der Waals surface area contributed by atoms with Gasteiger partial charge in [0.15, 0.2) is 18.2 Å². The Bertz CT molecular complexity index is 738. The van der Waals surface area contributed by atoms with Gasteiger partial charge in [-0.1, -0.05) is 5.11 Å². The number of amides is 1. The zero-order valence-electron chi connectivity index (χ0n) is 12.8. The van der Waals surface area contributed by atoms with E-state index in [2.05, 4.69) is 10.0 Å². The Labute approximate surface area is 136 Å². The fourth-order valence-corrected chi connectivity index (χ4v) is 2.77. The van der Waals surface area contributed by atoms with E-state index in [1.807, 2.05) is 0 Å². The van der Waals surface area contributed by atoms with Gasteiger partial charge >= 0.3 is 6.09 Å². The quantitative estimate of drug-likeness (QED) is 0.363. The van der Waals surface area contributed by atoms with Gasteiger partial charge in [0.1, 0.15) is 12.4 Å². The molecule has 2 unspecified atom stereocenters. The van der Waals surface area contributed by atoms with Crippen molar-refractivity contribution in [3.05, 3.63) is 34.5 Å². The summed E-state index contributed by atoms with van der Waals surface area (Å²) in [5.74, 6) is -0.634. The number of cyclic esters (lactones) is 1. The average molecular weight is 335 g/mol. The van der Waals surface area contributed by atoms with E-state index in [0.29, 0.717) is 18.5 Å².